The van der Waals surface area contributed by atoms with Gasteiger partial charge in [-0.3, -0.25) is 19.4 Å². The van der Waals surface area contributed by atoms with Crippen LogP contribution in [0, 0.1) is 0 Å². The summed E-state index contributed by atoms with van der Waals surface area (Å²) in [5.41, 5.74) is 1.86. The summed E-state index contributed by atoms with van der Waals surface area (Å²) in [5, 5.41) is 9.01. The number of β-amino-alcohol motifs (C(OH)–C–C–N with tert-alkyl or cyclic N) is 1. The number of hydrogen-bond donors (Lipinski definition) is 1. The summed E-state index contributed by atoms with van der Waals surface area (Å²) in [5.74, 6) is -0.230. The summed E-state index contributed by atoms with van der Waals surface area (Å²) in [4.78, 5) is 30.8. The van der Waals surface area contributed by atoms with Crippen LogP contribution in [0.25, 0.3) is 0 Å². The van der Waals surface area contributed by atoms with Crippen LogP contribution in [0.2, 0.25) is 0 Å². The average Bonchev–Trinajstić information content (AvgIpc) is 2.90. The number of carbonyl (C=O) groups excluding carboxylic acids is 2. The minimum absolute atomic E-state index is 0.111. The first-order valence-corrected chi connectivity index (χ1v) is 8.67. The van der Waals surface area contributed by atoms with Gasteiger partial charge in [-0.2, -0.15) is 0 Å². The van der Waals surface area contributed by atoms with E-state index >= 15 is 0 Å². The molecular weight excluding hydrogens is 306 g/mol. The van der Waals surface area contributed by atoms with Gasteiger partial charge in [-0.1, -0.05) is 19.1 Å². The third kappa shape index (κ3) is 3.36. The number of rotatable bonds is 5. The molecule has 24 heavy (non-hydrogen) atoms. The maximum Gasteiger partial charge on any atom is 0.251 e. The molecule has 6 heteroatoms. The second-order valence-electron chi connectivity index (χ2n) is 6.41. The molecule has 2 fully saturated rings. The van der Waals surface area contributed by atoms with Crippen molar-refractivity contribution in [2.75, 3.05) is 44.2 Å². The fraction of sp³-hybridized carbons (Fsp3) is 0.556. The molecule has 0 aromatic heterocycles. The van der Waals surface area contributed by atoms with E-state index in [0.717, 1.165) is 32.6 Å². The van der Waals surface area contributed by atoms with Crippen LogP contribution in [-0.4, -0.2) is 72.1 Å². The van der Waals surface area contributed by atoms with Gasteiger partial charge in [0.15, 0.2) is 0 Å². The Kier molecular flexibility index (Phi) is 5.28. The first-order valence-electron chi connectivity index (χ1n) is 8.67. The van der Waals surface area contributed by atoms with Crippen molar-refractivity contribution in [3.63, 3.8) is 0 Å². The van der Waals surface area contributed by atoms with Crippen LogP contribution in [0.4, 0.5) is 5.69 Å². The van der Waals surface area contributed by atoms with E-state index in [4.69, 9.17) is 5.11 Å². The highest BCUT2D eigenvalue weighted by molar-refractivity contribution is 6.22. The standard InChI is InChI=1S/C18H25N3O3/c1-2-14-3-5-15(6-4-14)21-17(23)13-16(18(21)24)20-9-7-19(8-10-20)11-12-22/h3-6,16,22H,2,7-13H2,1H3/t16-/m0/s1. The van der Waals surface area contributed by atoms with Crippen molar-refractivity contribution in [3.8, 4) is 0 Å². The normalized spacial score (nSPS) is 23.2. The molecule has 1 aromatic rings. The molecule has 2 saturated heterocycles. The Morgan fingerprint density at radius 1 is 1.08 bits per heavy atom. The van der Waals surface area contributed by atoms with Gasteiger partial charge >= 0.3 is 0 Å². The van der Waals surface area contributed by atoms with E-state index in [1.54, 1.807) is 0 Å². The number of amides is 2. The Bertz CT molecular complexity index is 594. The van der Waals surface area contributed by atoms with Crippen LogP contribution in [0.5, 0.6) is 0 Å². The third-order valence-corrected chi connectivity index (χ3v) is 4.99. The van der Waals surface area contributed by atoms with Crippen molar-refractivity contribution in [3.05, 3.63) is 29.8 Å². The number of benzene rings is 1. The molecule has 3 rings (SSSR count). The van der Waals surface area contributed by atoms with Crippen LogP contribution in [0.1, 0.15) is 18.9 Å². The van der Waals surface area contributed by atoms with E-state index in [1.165, 1.54) is 10.5 Å². The molecule has 6 nitrogen and oxygen atoms in total. The predicted molar refractivity (Wildman–Crippen MR) is 91.8 cm³/mol. The zero-order valence-electron chi connectivity index (χ0n) is 14.1. The second-order valence-corrected chi connectivity index (χ2v) is 6.41. The number of anilines is 1. The largest absolute Gasteiger partial charge is 0.395 e. The Morgan fingerprint density at radius 2 is 1.75 bits per heavy atom. The predicted octanol–water partition coefficient (Wildman–Crippen LogP) is 0.491. The first kappa shape index (κ1) is 17.1. The van der Waals surface area contributed by atoms with Crippen molar-refractivity contribution in [1.82, 2.24) is 9.80 Å². The highest BCUT2D eigenvalue weighted by Gasteiger charge is 2.43. The molecule has 2 aliphatic heterocycles. The highest BCUT2D eigenvalue weighted by atomic mass is 16.3. The number of aryl methyl sites for hydroxylation is 1. The van der Waals surface area contributed by atoms with Gasteiger partial charge in [-0.05, 0) is 24.1 Å². The summed E-state index contributed by atoms with van der Waals surface area (Å²) in [6, 6.07) is 7.31. The van der Waals surface area contributed by atoms with E-state index in [9.17, 15) is 9.59 Å². The molecule has 0 spiro atoms. The molecule has 2 amide bonds. The molecule has 0 saturated carbocycles. The van der Waals surface area contributed by atoms with Gasteiger partial charge in [0.05, 0.1) is 24.8 Å². The lowest BCUT2D eigenvalue weighted by atomic mass is 10.1. The molecule has 1 atom stereocenters. The number of hydrogen-bond acceptors (Lipinski definition) is 5. The third-order valence-electron chi connectivity index (χ3n) is 4.99. The van der Waals surface area contributed by atoms with Crippen molar-refractivity contribution < 1.29 is 14.7 Å². The minimum atomic E-state index is -0.348. The number of carbonyl (C=O) groups is 2. The lowest BCUT2D eigenvalue weighted by Gasteiger charge is -2.36. The zero-order valence-corrected chi connectivity index (χ0v) is 14.1. The lowest BCUT2D eigenvalue weighted by Crippen LogP contribution is -2.52. The molecule has 1 aromatic carbocycles. The molecule has 0 radical (unpaired) electrons. The van der Waals surface area contributed by atoms with E-state index in [1.807, 2.05) is 24.3 Å². The summed E-state index contributed by atoms with van der Waals surface area (Å²) >= 11 is 0. The Morgan fingerprint density at radius 3 is 2.33 bits per heavy atom. The van der Waals surface area contributed by atoms with Crippen LogP contribution < -0.4 is 4.90 Å². The fourth-order valence-corrected chi connectivity index (χ4v) is 3.49. The van der Waals surface area contributed by atoms with Gasteiger partial charge in [0.1, 0.15) is 0 Å². The maximum atomic E-state index is 12.8. The van der Waals surface area contributed by atoms with E-state index in [0.29, 0.717) is 12.2 Å². The summed E-state index contributed by atoms with van der Waals surface area (Å²) in [6.45, 7) is 6.06. The lowest BCUT2D eigenvalue weighted by molar-refractivity contribution is -0.123. The molecule has 2 heterocycles. The van der Waals surface area contributed by atoms with Crippen molar-refractivity contribution >= 4 is 17.5 Å². The number of aliphatic hydroxyl groups excluding tert-OH is 1. The van der Waals surface area contributed by atoms with Crippen LogP contribution in [0.3, 0.4) is 0 Å². The van der Waals surface area contributed by atoms with Crippen LogP contribution >= 0.6 is 0 Å². The van der Waals surface area contributed by atoms with E-state index in [2.05, 4.69) is 16.7 Å². The molecule has 2 aliphatic rings. The molecule has 130 valence electrons. The van der Waals surface area contributed by atoms with E-state index in [-0.39, 0.29) is 30.9 Å². The van der Waals surface area contributed by atoms with Gasteiger partial charge in [0.25, 0.3) is 5.91 Å². The maximum absolute atomic E-state index is 12.8. The number of aliphatic hydroxyl groups is 1. The minimum Gasteiger partial charge on any atom is -0.395 e. The number of piperazine rings is 1. The Labute approximate surface area is 142 Å². The van der Waals surface area contributed by atoms with Crippen molar-refractivity contribution in [1.29, 1.82) is 0 Å². The van der Waals surface area contributed by atoms with Crippen LogP contribution in [-0.2, 0) is 16.0 Å². The molecule has 0 unspecified atom stereocenters. The smallest absolute Gasteiger partial charge is 0.251 e. The SMILES string of the molecule is CCc1ccc(N2C(=O)C[C@H](N3CCN(CCO)CC3)C2=O)cc1. The van der Waals surface area contributed by atoms with Crippen molar-refractivity contribution in [2.45, 2.75) is 25.8 Å². The number of imide groups is 1. The van der Waals surface area contributed by atoms with Crippen molar-refractivity contribution in [2.24, 2.45) is 0 Å². The van der Waals surface area contributed by atoms with E-state index < -0.39 is 0 Å². The zero-order chi connectivity index (χ0) is 17.1. The van der Waals surface area contributed by atoms with Gasteiger partial charge in [0, 0.05) is 32.7 Å². The molecule has 0 aliphatic carbocycles. The first-order chi connectivity index (χ1) is 11.6. The average molecular weight is 331 g/mol. The summed E-state index contributed by atoms with van der Waals surface area (Å²) in [6.07, 6.45) is 1.19. The van der Waals surface area contributed by atoms with Gasteiger partial charge < -0.3 is 5.11 Å². The summed E-state index contributed by atoms with van der Waals surface area (Å²) in [7, 11) is 0. The van der Waals surface area contributed by atoms with Gasteiger partial charge in [0.2, 0.25) is 5.91 Å². The molecular formula is C18H25N3O3. The Hall–Kier alpha value is -1.76. The molecule has 1 N–H and O–H groups in total. The van der Waals surface area contributed by atoms with Gasteiger partial charge in [-0.15, -0.1) is 0 Å². The molecule has 0 bridgehead atoms. The summed E-state index contributed by atoms with van der Waals surface area (Å²) < 4.78 is 0. The second kappa shape index (κ2) is 7.42. The quantitative estimate of drug-likeness (QED) is 0.796. The number of nitrogens with zero attached hydrogens (tertiary/aromatic N) is 3. The monoisotopic (exact) mass is 331 g/mol. The Balaban J connectivity index is 1.68. The van der Waals surface area contributed by atoms with Crippen LogP contribution in [0.15, 0.2) is 24.3 Å². The highest BCUT2D eigenvalue weighted by Crippen LogP contribution is 2.26. The topological polar surface area (TPSA) is 64.1 Å². The van der Waals surface area contributed by atoms with Gasteiger partial charge in [-0.25, -0.2) is 4.90 Å². The fourth-order valence-electron chi connectivity index (χ4n) is 3.49.